The van der Waals surface area contributed by atoms with E-state index in [9.17, 15) is 4.79 Å². The number of carbonyl (C=O) groups excluding carboxylic acids is 1. The first-order valence-electron chi connectivity index (χ1n) is 13.7. The fourth-order valence-electron chi connectivity index (χ4n) is 5.59. The second-order valence-electron chi connectivity index (χ2n) is 11.0. The highest BCUT2D eigenvalue weighted by Crippen LogP contribution is 2.35. The zero-order valence-electron chi connectivity index (χ0n) is 22.6. The Kier molecular flexibility index (Phi) is 7.65. The molecule has 1 aromatic carbocycles. The highest BCUT2D eigenvalue weighted by Gasteiger charge is 2.30. The van der Waals surface area contributed by atoms with Gasteiger partial charge in [0.2, 0.25) is 0 Å². The minimum absolute atomic E-state index is 0.207. The number of aromatic amines is 1. The number of nitrogens with zero attached hydrogens (tertiary/aromatic N) is 5. The van der Waals surface area contributed by atoms with Crippen molar-refractivity contribution in [2.45, 2.75) is 65.6 Å². The molecule has 1 aliphatic carbocycles. The van der Waals surface area contributed by atoms with Crippen LogP contribution in [0.4, 0.5) is 10.5 Å². The second-order valence-corrected chi connectivity index (χ2v) is 11.0. The average molecular weight is 505 g/mol. The molecule has 1 saturated heterocycles. The van der Waals surface area contributed by atoms with E-state index in [0.29, 0.717) is 37.7 Å². The number of nitrogens with one attached hydrogen (secondary N) is 1. The van der Waals surface area contributed by atoms with Crippen LogP contribution in [0.3, 0.4) is 0 Å². The van der Waals surface area contributed by atoms with E-state index in [1.165, 1.54) is 17.7 Å². The standard InChI is InChI=1S/C29H40N6O2/c1-20(2)19-37-29(36)34-16-14-33(15-17-34)24-11-6-10-23-28(24)32-26(31-23)18-35(21(3)4)25-12-5-8-22-9-7-13-30-27(22)25/h6-7,9-11,13,20-21,25H,5,8,12,14-19H2,1-4H3,(H,31,32). The van der Waals surface area contributed by atoms with Crippen LogP contribution in [-0.4, -0.2) is 69.7 Å². The number of para-hydroxylation sites is 1. The summed E-state index contributed by atoms with van der Waals surface area (Å²) < 4.78 is 5.43. The summed E-state index contributed by atoms with van der Waals surface area (Å²) in [5.41, 5.74) is 5.78. The molecule has 8 heteroatoms. The van der Waals surface area contributed by atoms with Gasteiger partial charge in [-0.3, -0.25) is 9.88 Å². The van der Waals surface area contributed by atoms with Crippen molar-refractivity contribution in [3.63, 3.8) is 0 Å². The highest BCUT2D eigenvalue weighted by molar-refractivity contribution is 5.89. The molecule has 0 bridgehead atoms. The number of pyridine rings is 1. The molecule has 0 spiro atoms. The van der Waals surface area contributed by atoms with Crippen LogP contribution in [0.25, 0.3) is 11.0 Å². The van der Waals surface area contributed by atoms with Crippen molar-refractivity contribution in [1.29, 1.82) is 0 Å². The number of carbonyl (C=O) groups is 1. The lowest BCUT2D eigenvalue weighted by Gasteiger charge is -2.37. The third-order valence-electron chi connectivity index (χ3n) is 7.52. The molecule has 198 valence electrons. The van der Waals surface area contributed by atoms with Gasteiger partial charge in [0.05, 0.1) is 36.1 Å². The third kappa shape index (κ3) is 5.59. The lowest BCUT2D eigenvalue weighted by Crippen LogP contribution is -2.49. The Morgan fingerprint density at radius 2 is 1.95 bits per heavy atom. The Morgan fingerprint density at radius 3 is 2.70 bits per heavy atom. The molecule has 0 saturated carbocycles. The van der Waals surface area contributed by atoms with Crippen LogP contribution in [0.1, 0.15) is 63.7 Å². The number of aryl methyl sites for hydroxylation is 1. The molecule has 3 aromatic rings. The maximum Gasteiger partial charge on any atom is 0.409 e. The first-order chi connectivity index (χ1) is 17.9. The van der Waals surface area contributed by atoms with E-state index in [1.807, 2.05) is 11.1 Å². The van der Waals surface area contributed by atoms with Crippen molar-refractivity contribution >= 4 is 22.8 Å². The van der Waals surface area contributed by atoms with E-state index in [4.69, 9.17) is 14.7 Å². The molecular formula is C29H40N6O2. The number of hydrogen-bond acceptors (Lipinski definition) is 6. The van der Waals surface area contributed by atoms with E-state index in [1.54, 1.807) is 0 Å². The van der Waals surface area contributed by atoms with Crippen LogP contribution in [-0.2, 0) is 17.7 Å². The minimum atomic E-state index is -0.207. The normalized spacial score (nSPS) is 18.2. The molecule has 0 radical (unpaired) electrons. The molecule has 1 fully saturated rings. The predicted octanol–water partition coefficient (Wildman–Crippen LogP) is 5.16. The predicted molar refractivity (Wildman–Crippen MR) is 147 cm³/mol. The van der Waals surface area contributed by atoms with E-state index in [2.05, 4.69) is 72.8 Å². The lowest BCUT2D eigenvalue weighted by atomic mass is 9.90. The van der Waals surface area contributed by atoms with E-state index in [0.717, 1.165) is 55.0 Å². The molecule has 5 rings (SSSR count). The van der Waals surface area contributed by atoms with Gasteiger partial charge in [-0.1, -0.05) is 26.0 Å². The molecule has 1 aliphatic heterocycles. The smallest absolute Gasteiger partial charge is 0.409 e. The van der Waals surface area contributed by atoms with Crippen molar-refractivity contribution < 1.29 is 9.53 Å². The summed E-state index contributed by atoms with van der Waals surface area (Å²) in [6.45, 7) is 12.7. The number of anilines is 1. The van der Waals surface area contributed by atoms with E-state index in [-0.39, 0.29) is 6.09 Å². The average Bonchev–Trinajstić information content (AvgIpc) is 3.33. The van der Waals surface area contributed by atoms with Gasteiger partial charge in [0.1, 0.15) is 11.3 Å². The quantitative estimate of drug-likeness (QED) is 0.479. The number of amides is 1. The Labute approximate surface area is 220 Å². The Morgan fingerprint density at radius 1 is 1.14 bits per heavy atom. The SMILES string of the molecule is CC(C)COC(=O)N1CCN(c2cccc3[nH]c(CN(C(C)C)C4CCCc5cccnc54)nc23)CC1. The molecule has 1 unspecified atom stereocenters. The highest BCUT2D eigenvalue weighted by atomic mass is 16.6. The summed E-state index contributed by atoms with van der Waals surface area (Å²) in [5, 5.41) is 0. The van der Waals surface area contributed by atoms with Crippen molar-refractivity contribution in [3.05, 3.63) is 53.6 Å². The van der Waals surface area contributed by atoms with Gasteiger partial charge in [-0.15, -0.1) is 0 Å². The summed E-state index contributed by atoms with van der Waals surface area (Å²) in [6, 6.07) is 11.3. The molecule has 2 aliphatic rings. The van der Waals surface area contributed by atoms with Gasteiger partial charge < -0.3 is 19.5 Å². The third-order valence-corrected chi connectivity index (χ3v) is 7.52. The van der Waals surface area contributed by atoms with Gasteiger partial charge in [0.15, 0.2) is 0 Å². The largest absolute Gasteiger partial charge is 0.449 e. The van der Waals surface area contributed by atoms with Crippen molar-refractivity contribution in [3.8, 4) is 0 Å². The maximum atomic E-state index is 12.4. The fourth-order valence-corrected chi connectivity index (χ4v) is 5.59. The second kappa shape index (κ2) is 11.1. The van der Waals surface area contributed by atoms with Gasteiger partial charge in [-0.05, 0) is 62.8 Å². The van der Waals surface area contributed by atoms with Gasteiger partial charge >= 0.3 is 6.09 Å². The zero-order chi connectivity index (χ0) is 25.9. The van der Waals surface area contributed by atoms with Crippen LogP contribution in [0.15, 0.2) is 36.5 Å². The molecule has 1 N–H and O–H groups in total. The Bertz CT molecular complexity index is 1210. The number of fused-ring (bicyclic) bond motifs is 2. The van der Waals surface area contributed by atoms with E-state index >= 15 is 0 Å². The zero-order valence-corrected chi connectivity index (χ0v) is 22.6. The number of H-pyrrole nitrogens is 1. The Hall–Kier alpha value is -3.13. The number of benzene rings is 1. The minimum Gasteiger partial charge on any atom is -0.449 e. The van der Waals surface area contributed by atoms with Crippen LogP contribution in [0, 0.1) is 5.92 Å². The summed E-state index contributed by atoms with van der Waals surface area (Å²) in [4.78, 5) is 32.5. The number of piperazine rings is 1. The Balaban J connectivity index is 1.31. The van der Waals surface area contributed by atoms with Gasteiger partial charge in [-0.25, -0.2) is 9.78 Å². The number of aromatic nitrogens is 3. The first kappa shape index (κ1) is 25.5. The maximum absolute atomic E-state index is 12.4. The molecule has 1 amide bonds. The molecule has 37 heavy (non-hydrogen) atoms. The van der Waals surface area contributed by atoms with E-state index < -0.39 is 0 Å². The van der Waals surface area contributed by atoms with Crippen LogP contribution < -0.4 is 4.90 Å². The molecule has 2 aromatic heterocycles. The summed E-state index contributed by atoms with van der Waals surface area (Å²) >= 11 is 0. The summed E-state index contributed by atoms with van der Waals surface area (Å²) in [5.74, 6) is 1.32. The molecule has 1 atom stereocenters. The number of hydrogen-bond donors (Lipinski definition) is 1. The fraction of sp³-hybridized carbons (Fsp3) is 0.552. The number of imidazole rings is 1. The molecule has 8 nitrogen and oxygen atoms in total. The summed E-state index contributed by atoms with van der Waals surface area (Å²) in [6.07, 6.45) is 5.14. The number of rotatable bonds is 7. The van der Waals surface area contributed by atoms with Gasteiger partial charge in [-0.2, -0.15) is 0 Å². The van der Waals surface area contributed by atoms with Crippen LogP contribution in [0.2, 0.25) is 0 Å². The van der Waals surface area contributed by atoms with Crippen molar-refractivity contribution in [1.82, 2.24) is 24.8 Å². The van der Waals surface area contributed by atoms with Crippen molar-refractivity contribution in [2.75, 3.05) is 37.7 Å². The monoisotopic (exact) mass is 504 g/mol. The lowest BCUT2D eigenvalue weighted by molar-refractivity contribution is 0.0902. The number of ether oxygens (including phenoxy) is 1. The van der Waals surface area contributed by atoms with Crippen LogP contribution >= 0.6 is 0 Å². The molecule has 3 heterocycles. The van der Waals surface area contributed by atoms with Gasteiger partial charge in [0.25, 0.3) is 0 Å². The van der Waals surface area contributed by atoms with Crippen molar-refractivity contribution in [2.24, 2.45) is 5.92 Å². The molecular weight excluding hydrogens is 464 g/mol. The van der Waals surface area contributed by atoms with Gasteiger partial charge in [0, 0.05) is 38.4 Å². The first-order valence-corrected chi connectivity index (χ1v) is 13.7. The topological polar surface area (TPSA) is 77.6 Å². The van der Waals surface area contributed by atoms with Crippen LogP contribution in [0.5, 0.6) is 0 Å². The summed E-state index contributed by atoms with van der Waals surface area (Å²) in [7, 11) is 0.